The molecule has 0 radical (unpaired) electrons. The van der Waals surface area contributed by atoms with Crippen LogP contribution in [0.5, 0.6) is 0 Å². The Morgan fingerprint density at radius 3 is 2.53 bits per heavy atom. The zero-order chi connectivity index (χ0) is 21.8. The van der Waals surface area contributed by atoms with Gasteiger partial charge in [-0.3, -0.25) is 9.48 Å². The normalized spacial score (nSPS) is 12.4. The van der Waals surface area contributed by atoms with Crippen molar-refractivity contribution in [1.82, 2.24) is 20.0 Å². The van der Waals surface area contributed by atoms with Gasteiger partial charge in [-0.1, -0.05) is 12.1 Å². The van der Waals surface area contributed by atoms with E-state index in [0.29, 0.717) is 18.7 Å². The van der Waals surface area contributed by atoms with E-state index < -0.39 is 0 Å². The van der Waals surface area contributed by atoms with Gasteiger partial charge in [0.2, 0.25) is 0 Å². The Morgan fingerprint density at radius 1 is 1.23 bits per heavy atom. The molecule has 1 unspecified atom stereocenters. The summed E-state index contributed by atoms with van der Waals surface area (Å²) in [7, 11) is 3.94. The maximum atomic E-state index is 13.3. The first-order valence-corrected chi connectivity index (χ1v) is 10.5. The average molecular weight is 477 g/mol. The van der Waals surface area contributed by atoms with E-state index in [1.165, 1.54) is 12.1 Å². The Kier molecular flexibility index (Phi) is 7.10. The summed E-state index contributed by atoms with van der Waals surface area (Å²) in [6, 6.07) is 9.41. The van der Waals surface area contributed by atoms with Crippen LogP contribution in [-0.2, 0) is 6.54 Å². The Bertz CT molecular complexity index is 1010. The number of hydrogen-bond acceptors (Lipinski definition) is 4. The van der Waals surface area contributed by atoms with Crippen LogP contribution in [0.25, 0.3) is 0 Å². The molecule has 0 saturated heterocycles. The second-order valence-electron chi connectivity index (χ2n) is 7.58. The fourth-order valence-corrected chi connectivity index (χ4v) is 3.48. The maximum Gasteiger partial charge on any atom is 0.287 e. The summed E-state index contributed by atoms with van der Waals surface area (Å²) in [6.07, 6.45) is 0.692. The van der Waals surface area contributed by atoms with E-state index in [1.54, 1.807) is 24.3 Å². The molecule has 2 aromatic heterocycles. The van der Waals surface area contributed by atoms with E-state index in [1.807, 2.05) is 37.5 Å². The third kappa shape index (κ3) is 5.37. The molecule has 1 N–H and O–H groups in total. The molecule has 8 heteroatoms. The molecule has 0 bridgehead atoms. The van der Waals surface area contributed by atoms with Crippen molar-refractivity contribution in [1.29, 1.82) is 0 Å². The highest BCUT2D eigenvalue weighted by atomic mass is 79.9. The van der Waals surface area contributed by atoms with Crippen LogP contribution in [0.15, 0.2) is 45.3 Å². The molecule has 3 rings (SSSR count). The number of rotatable bonds is 8. The zero-order valence-electron chi connectivity index (χ0n) is 17.6. The van der Waals surface area contributed by atoms with Crippen molar-refractivity contribution in [3.63, 3.8) is 0 Å². The van der Waals surface area contributed by atoms with E-state index in [9.17, 15) is 9.18 Å². The van der Waals surface area contributed by atoms with Gasteiger partial charge in [0.25, 0.3) is 5.91 Å². The third-order valence-electron chi connectivity index (χ3n) is 4.93. The van der Waals surface area contributed by atoms with Crippen molar-refractivity contribution < 1.29 is 13.6 Å². The minimum atomic E-state index is -0.303. The Labute approximate surface area is 184 Å². The second kappa shape index (κ2) is 9.57. The summed E-state index contributed by atoms with van der Waals surface area (Å²) in [6.45, 7) is 5.11. The van der Waals surface area contributed by atoms with Crippen LogP contribution in [-0.4, -0.2) is 41.2 Å². The van der Waals surface area contributed by atoms with E-state index in [4.69, 9.17) is 4.42 Å². The number of nitrogens with one attached hydrogen (secondary N) is 1. The van der Waals surface area contributed by atoms with E-state index in [0.717, 1.165) is 28.0 Å². The molecule has 0 saturated carbocycles. The minimum absolute atomic E-state index is 0.238. The van der Waals surface area contributed by atoms with Gasteiger partial charge in [0.05, 0.1) is 28.4 Å². The first-order chi connectivity index (χ1) is 14.2. The number of carbonyl (C=O) groups excluding carboxylic acids is 1. The molecular weight excluding hydrogens is 451 g/mol. The number of hydrogen-bond donors (Lipinski definition) is 1. The SMILES string of the molecule is Cc1nn(Cc2ccc(C(=O)NC(CCN(C)C)c3ccc(F)cc3)o2)c(C)c1Br. The van der Waals surface area contributed by atoms with Gasteiger partial charge in [0.15, 0.2) is 5.76 Å². The fourth-order valence-electron chi connectivity index (χ4n) is 3.20. The Balaban J connectivity index is 1.72. The lowest BCUT2D eigenvalue weighted by Gasteiger charge is -2.21. The molecule has 2 heterocycles. The molecule has 0 fully saturated rings. The van der Waals surface area contributed by atoms with Crippen molar-refractivity contribution in [3.8, 4) is 0 Å². The van der Waals surface area contributed by atoms with Crippen LogP contribution in [0.4, 0.5) is 4.39 Å². The van der Waals surface area contributed by atoms with Gasteiger partial charge in [-0.15, -0.1) is 0 Å². The monoisotopic (exact) mass is 476 g/mol. The number of benzene rings is 1. The number of nitrogens with zero attached hydrogens (tertiary/aromatic N) is 3. The summed E-state index contributed by atoms with van der Waals surface area (Å²) >= 11 is 3.52. The van der Waals surface area contributed by atoms with Gasteiger partial charge in [0.1, 0.15) is 11.6 Å². The summed E-state index contributed by atoms with van der Waals surface area (Å²) in [5.74, 6) is 0.277. The van der Waals surface area contributed by atoms with Crippen molar-refractivity contribution in [3.05, 3.63) is 75.2 Å². The van der Waals surface area contributed by atoms with Crippen molar-refractivity contribution in [2.75, 3.05) is 20.6 Å². The molecule has 3 aromatic rings. The van der Waals surface area contributed by atoms with Crippen LogP contribution >= 0.6 is 15.9 Å². The van der Waals surface area contributed by atoms with Gasteiger partial charge >= 0.3 is 0 Å². The fraction of sp³-hybridized carbons (Fsp3) is 0.364. The van der Waals surface area contributed by atoms with E-state index in [-0.39, 0.29) is 23.5 Å². The topological polar surface area (TPSA) is 63.3 Å². The van der Waals surface area contributed by atoms with Crippen LogP contribution in [0.2, 0.25) is 0 Å². The lowest BCUT2D eigenvalue weighted by Crippen LogP contribution is -2.30. The van der Waals surface area contributed by atoms with Crippen LogP contribution in [0, 0.1) is 19.7 Å². The van der Waals surface area contributed by atoms with E-state index >= 15 is 0 Å². The van der Waals surface area contributed by atoms with Crippen molar-refractivity contribution in [2.45, 2.75) is 32.9 Å². The molecule has 30 heavy (non-hydrogen) atoms. The van der Waals surface area contributed by atoms with Gasteiger partial charge in [-0.05, 0) is 86.7 Å². The van der Waals surface area contributed by atoms with Gasteiger partial charge < -0.3 is 14.6 Å². The highest BCUT2D eigenvalue weighted by molar-refractivity contribution is 9.10. The molecule has 6 nitrogen and oxygen atoms in total. The molecule has 0 aliphatic rings. The van der Waals surface area contributed by atoms with Crippen LogP contribution < -0.4 is 5.32 Å². The highest BCUT2D eigenvalue weighted by Gasteiger charge is 2.19. The van der Waals surface area contributed by atoms with Gasteiger partial charge in [-0.25, -0.2) is 4.39 Å². The molecule has 1 atom stereocenters. The molecule has 0 aliphatic heterocycles. The van der Waals surface area contributed by atoms with Crippen LogP contribution in [0.1, 0.15) is 45.7 Å². The quantitative estimate of drug-likeness (QED) is 0.520. The summed E-state index contributed by atoms with van der Waals surface area (Å²) < 4.78 is 21.9. The number of amides is 1. The number of carbonyl (C=O) groups is 1. The molecule has 1 amide bonds. The predicted octanol–water partition coefficient (Wildman–Crippen LogP) is 4.47. The molecule has 160 valence electrons. The zero-order valence-corrected chi connectivity index (χ0v) is 19.2. The summed E-state index contributed by atoms with van der Waals surface area (Å²) in [5.41, 5.74) is 2.75. The first kappa shape index (κ1) is 22.2. The summed E-state index contributed by atoms with van der Waals surface area (Å²) in [5, 5.41) is 7.48. The second-order valence-corrected chi connectivity index (χ2v) is 8.37. The lowest BCUT2D eigenvalue weighted by atomic mass is 10.0. The molecule has 0 aliphatic carbocycles. The first-order valence-electron chi connectivity index (χ1n) is 9.74. The Morgan fingerprint density at radius 2 is 1.93 bits per heavy atom. The predicted molar refractivity (Wildman–Crippen MR) is 117 cm³/mol. The highest BCUT2D eigenvalue weighted by Crippen LogP contribution is 2.22. The van der Waals surface area contributed by atoms with Crippen LogP contribution in [0.3, 0.4) is 0 Å². The number of halogens is 2. The summed E-state index contributed by atoms with van der Waals surface area (Å²) in [4.78, 5) is 14.9. The maximum absolute atomic E-state index is 13.3. The number of aromatic nitrogens is 2. The van der Waals surface area contributed by atoms with E-state index in [2.05, 4.69) is 26.3 Å². The number of aryl methyl sites for hydroxylation is 1. The minimum Gasteiger partial charge on any atom is -0.454 e. The Hall–Kier alpha value is -2.45. The third-order valence-corrected chi connectivity index (χ3v) is 6.07. The van der Waals surface area contributed by atoms with Crippen molar-refractivity contribution >= 4 is 21.8 Å². The smallest absolute Gasteiger partial charge is 0.287 e. The molecule has 0 spiro atoms. The number of furan rings is 1. The molecular formula is C22H26BrFN4O2. The lowest BCUT2D eigenvalue weighted by molar-refractivity contribution is 0.0902. The standard InChI is InChI=1S/C22H26BrFN4O2/c1-14-21(23)15(2)28(26-14)13-18-9-10-20(30-18)22(29)25-19(11-12-27(3)4)16-5-7-17(24)8-6-16/h5-10,19H,11-13H2,1-4H3,(H,25,29). The largest absolute Gasteiger partial charge is 0.454 e. The van der Waals surface area contributed by atoms with Gasteiger partial charge in [0, 0.05) is 0 Å². The van der Waals surface area contributed by atoms with Crippen molar-refractivity contribution in [2.24, 2.45) is 0 Å². The average Bonchev–Trinajstić information content (AvgIpc) is 3.27. The molecule has 1 aromatic carbocycles. The van der Waals surface area contributed by atoms with Gasteiger partial charge in [-0.2, -0.15) is 5.10 Å².